The lowest BCUT2D eigenvalue weighted by Crippen LogP contribution is -2.15. The SMILES string of the molecule is O=C(Nc1cnoc1)c1cc(Br)cn1C1CC1. The molecule has 0 aromatic carbocycles. The number of aromatic nitrogens is 2. The van der Waals surface area contributed by atoms with E-state index in [9.17, 15) is 4.79 Å². The Bertz CT molecular complexity index is 543. The first-order chi connectivity index (χ1) is 8.24. The number of carbonyl (C=O) groups excluding carboxylic acids is 1. The predicted octanol–water partition coefficient (Wildman–Crippen LogP) is 2.83. The van der Waals surface area contributed by atoms with E-state index in [4.69, 9.17) is 0 Å². The number of rotatable bonds is 3. The number of nitrogens with one attached hydrogen (secondary N) is 1. The molecule has 1 aliphatic rings. The third-order valence-corrected chi connectivity index (χ3v) is 3.11. The highest BCUT2D eigenvalue weighted by atomic mass is 79.9. The van der Waals surface area contributed by atoms with Gasteiger partial charge in [-0.2, -0.15) is 0 Å². The zero-order valence-electron chi connectivity index (χ0n) is 8.89. The molecule has 2 heterocycles. The van der Waals surface area contributed by atoms with Gasteiger partial charge in [-0.1, -0.05) is 5.16 Å². The lowest BCUT2D eigenvalue weighted by molar-refractivity contribution is 0.101. The van der Waals surface area contributed by atoms with Gasteiger partial charge >= 0.3 is 0 Å². The fourth-order valence-corrected chi connectivity index (χ4v) is 2.18. The summed E-state index contributed by atoms with van der Waals surface area (Å²) in [4.78, 5) is 12.1. The average molecular weight is 296 g/mol. The molecule has 5 nitrogen and oxygen atoms in total. The number of anilines is 1. The van der Waals surface area contributed by atoms with Gasteiger partial charge in [0.1, 0.15) is 17.6 Å². The Morgan fingerprint density at radius 1 is 1.59 bits per heavy atom. The molecule has 0 radical (unpaired) electrons. The molecule has 1 N–H and O–H groups in total. The van der Waals surface area contributed by atoms with Crippen LogP contribution in [-0.4, -0.2) is 15.6 Å². The summed E-state index contributed by atoms with van der Waals surface area (Å²) in [6.07, 6.45) is 7.08. The minimum absolute atomic E-state index is 0.147. The Balaban J connectivity index is 1.85. The van der Waals surface area contributed by atoms with Gasteiger partial charge in [0.15, 0.2) is 0 Å². The van der Waals surface area contributed by atoms with Crippen LogP contribution < -0.4 is 5.32 Å². The summed E-state index contributed by atoms with van der Waals surface area (Å²) in [6, 6.07) is 2.28. The standard InChI is InChI=1S/C11H10BrN3O2/c12-7-3-10(15(5-7)9-1-2-9)11(16)14-8-4-13-17-6-8/h3-6,9H,1-2H2,(H,14,16). The van der Waals surface area contributed by atoms with Crippen LogP contribution in [0.25, 0.3) is 0 Å². The molecule has 1 amide bonds. The molecular weight excluding hydrogens is 286 g/mol. The largest absolute Gasteiger partial charge is 0.363 e. The molecule has 2 aromatic rings. The number of hydrogen-bond acceptors (Lipinski definition) is 3. The van der Waals surface area contributed by atoms with E-state index in [-0.39, 0.29) is 5.91 Å². The van der Waals surface area contributed by atoms with E-state index >= 15 is 0 Å². The smallest absolute Gasteiger partial charge is 0.272 e. The normalized spacial score (nSPS) is 14.9. The van der Waals surface area contributed by atoms with Gasteiger partial charge in [-0.25, -0.2) is 0 Å². The molecule has 1 aliphatic carbocycles. The van der Waals surface area contributed by atoms with Crippen molar-refractivity contribution in [3.8, 4) is 0 Å². The minimum atomic E-state index is -0.147. The Morgan fingerprint density at radius 2 is 2.41 bits per heavy atom. The van der Waals surface area contributed by atoms with Crippen molar-refractivity contribution in [1.82, 2.24) is 9.72 Å². The van der Waals surface area contributed by atoms with E-state index < -0.39 is 0 Å². The molecule has 17 heavy (non-hydrogen) atoms. The Morgan fingerprint density at radius 3 is 3.06 bits per heavy atom. The summed E-state index contributed by atoms with van der Waals surface area (Å²) < 4.78 is 7.59. The lowest BCUT2D eigenvalue weighted by Gasteiger charge is -2.06. The van der Waals surface area contributed by atoms with E-state index in [2.05, 4.69) is 30.9 Å². The molecule has 3 rings (SSSR count). The first-order valence-electron chi connectivity index (χ1n) is 5.32. The van der Waals surface area contributed by atoms with Gasteiger partial charge in [0, 0.05) is 16.7 Å². The quantitative estimate of drug-likeness (QED) is 0.947. The second kappa shape index (κ2) is 4.03. The lowest BCUT2D eigenvalue weighted by atomic mass is 10.4. The highest BCUT2D eigenvalue weighted by Crippen LogP contribution is 2.37. The van der Waals surface area contributed by atoms with Crippen LogP contribution in [0.1, 0.15) is 29.4 Å². The molecule has 0 spiro atoms. The van der Waals surface area contributed by atoms with E-state index in [1.807, 2.05) is 16.8 Å². The summed E-state index contributed by atoms with van der Waals surface area (Å²) in [5.74, 6) is -0.147. The number of amides is 1. The van der Waals surface area contributed by atoms with Crippen molar-refractivity contribution in [3.63, 3.8) is 0 Å². The summed E-state index contributed by atoms with van der Waals surface area (Å²) in [7, 11) is 0. The van der Waals surface area contributed by atoms with Crippen LogP contribution in [0.4, 0.5) is 5.69 Å². The van der Waals surface area contributed by atoms with Gasteiger partial charge in [0.2, 0.25) is 0 Å². The van der Waals surface area contributed by atoms with Crippen LogP contribution in [0.3, 0.4) is 0 Å². The molecule has 0 atom stereocenters. The monoisotopic (exact) mass is 295 g/mol. The van der Waals surface area contributed by atoms with Crippen molar-refractivity contribution in [2.75, 3.05) is 5.32 Å². The molecule has 6 heteroatoms. The van der Waals surface area contributed by atoms with Crippen LogP contribution >= 0.6 is 15.9 Å². The highest BCUT2D eigenvalue weighted by Gasteiger charge is 2.27. The highest BCUT2D eigenvalue weighted by molar-refractivity contribution is 9.10. The molecule has 2 aromatic heterocycles. The minimum Gasteiger partial charge on any atom is -0.363 e. The van der Waals surface area contributed by atoms with E-state index in [0.717, 1.165) is 17.3 Å². The fraction of sp³-hybridized carbons (Fsp3) is 0.273. The molecule has 0 bridgehead atoms. The van der Waals surface area contributed by atoms with Gasteiger partial charge in [-0.15, -0.1) is 0 Å². The average Bonchev–Trinajstić information content (AvgIpc) is 2.88. The van der Waals surface area contributed by atoms with Crippen molar-refractivity contribution in [1.29, 1.82) is 0 Å². The molecular formula is C11H10BrN3O2. The van der Waals surface area contributed by atoms with E-state index in [0.29, 0.717) is 17.4 Å². The van der Waals surface area contributed by atoms with Crippen LogP contribution in [0.15, 0.2) is 33.7 Å². The summed E-state index contributed by atoms with van der Waals surface area (Å²) in [5, 5.41) is 6.28. The maximum absolute atomic E-state index is 12.1. The zero-order chi connectivity index (χ0) is 11.8. The fourth-order valence-electron chi connectivity index (χ4n) is 1.74. The molecule has 1 fully saturated rings. The van der Waals surface area contributed by atoms with Crippen molar-refractivity contribution in [2.45, 2.75) is 18.9 Å². The molecule has 0 saturated heterocycles. The zero-order valence-corrected chi connectivity index (χ0v) is 10.5. The van der Waals surface area contributed by atoms with Gasteiger partial charge in [-0.05, 0) is 34.8 Å². The van der Waals surface area contributed by atoms with Crippen molar-refractivity contribution in [3.05, 3.63) is 34.9 Å². The second-order valence-corrected chi connectivity index (χ2v) is 4.96. The Hall–Kier alpha value is -1.56. The number of halogens is 1. The van der Waals surface area contributed by atoms with Gasteiger partial charge in [-0.3, -0.25) is 4.79 Å². The van der Waals surface area contributed by atoms with Crippen LogP contribution in [0, 0.1) is 0 Å². The number of carbonyl (C=O) groups is 1. The van der Waals surface area contributed by atoms with E-state index in [1.165, 1.54) is 12.5 Å². The number of hydrogen-bond donors (Lipinski definition) is 1. The van der Waals surface area contributed by atoms with Crippen LogP contribution in [0.2, 0.25) is 0 Å². The summed E-state index contributed by atoms with van der Waals surface area (Å²) in [6.45, 7) is 0. The van der Waals surface area contributed by atoms with Crippen LogP contribution in [-0.2, 0) is 0 Å². The maximum Gasteiger partial charge on any atom is 0.272 e. The first kappa shape index (κ1) is 10.6. The third kappa shape index (κ3) is 2.12. The van der Waals surface area contributed by atoms with Crippen molar-refractivity contribution < 1.29 is 9.32 Å². The van der Waals surface area contributed by atoms with Crippen molar-refractivity contribution in [2.24, 2.45) is 0 Å². The number of nitrogens with zero attached hydrogens (tertiary/aromatic N) is 2. The molecule has 88 valence electrons. The molecule has 1 saturated carbocycles. The van der Waals surface area contributed by atoms with Gasteiger partial charge in [0.25, 0.3) is 5.91 Å². The van der Waals surface area contributed by atoms with Gasteiger partial charge in [0.05, 0.1) is 6.20 Å². The summed E-state index contributed by atoms with van der Waals surface area (Å²) in [5.41, 5.74) is 1.22. The predicted molar refractivity (Wildman–Crippen MR) is 64.9 cm³/mol. The molecule has 0 unspecified atom stereocenters. The van der Waals surface area contributed by atoms with Crippen molar-refractivity contribution >= 4 is 27.5 Å². The summed E-state index contributed by atoms with van der Waals surface area (Å²) >= 11 is 3.39. The van der Waals surface area contributed by atoms with E-state index in [1.54, 1.807) is 0 Å². The molecule has 0 aliphatic heterocycles. The Labute approximate surface area is 106 Å². The third-order valence-electron chi connectivity index (χ3n) is 2.68. The van der Waals surface area contributed by atoms with Gasteiger partial charge < -0.3 is 14.4 Å². The Kier molecular flexibility index (Phi) is 2.51. The van der Waals surface area contributed by atoms with Crippen LogP contribution in [0.5, 0.6) is 0 Å². The second-order valence-electron chi connectivity index (χ2n) is 4.05. The first-order valence-corrected chi connectivity index (χ1v) is 6.11. The maximum atomic E-state index is 12.1. The topological polar surface area (TPSA) is 60.1 Å².